The van der Waals surface area contributed by atoms with Crippen LogP contribution in [0.25, 0.3) is 5.69 Å². The van der Waals surface area contributed by atoms with Gasteiger partial charge >= 0.3 is 0 Å². The van der Waals surface area contributed by atoms with Gasteiger partial charge in [-0.05, 0) is 36.8 Å². The van der Waals surface area contributed by atoms with E-state index in [2.05, 4.69) is 46.7 Å². The Labute approximate surface area is 153 Å². The summed E-state index contributed by atoms with van der Waals surface area (Å²) >= 11 is 0. The van der Waals surface area contributed by atoms with Crippen LogP contribution in [0.1, 0.15) is 23.7 Å². The number of nitrogens with zero attached hydrogens (tertiary/aromatic N) is 3. The summed E-state index contributed by atoms with van der Waals surface area (Å²) in [5, 5.41) is 7.67. The summed E-state index contributed by atoms with van der Waals surface area (Å²) in [6, 6.07) is 16.4. The van der Waals surface area contributed by atoms with Crippen molar-refractivity contribution in [3.8, 4) is 5.69 Å². The summed E-state index contributed by atoms with van der Waals surface area (Å²) in [6.07, 6.45) is 3.04. The Morgan fingerprint density at radius 2 is 1.92 bits per heavy atom. The van der Waals surface area contributed by atoms with Crippen LogP contribution in [0.4, 0.5) is 11.4 Å². The Hall–Kier alpha value is -3.08. The molecular formula is C21H22N4O. The number of para-hydroxylation sites is 1. The van der Waals surface area contributed by atoms with Gasteiger partial charge in [0.05, 0.1) is 11.4 Å². The summed E-state index contributed by atoms with van der Waals surface area (Å²) in [7, 11) is 0. The van der Waals surface area contributed by atoms with Crippen LogP contribution < -0.4 is 10.2 Å². The maximum atomic E-state index is 11.4. The highest BCUT2D eigenvalue weighted by atomic mass is 16.1. The van der Waals surface area contributed by atoms with Crippen LogP contribution in [0.2, 0.25) is 0 Å². The molecule has 4 rings (SSSR count). The van der Waals surface area contributed by atoms with Crippen molar-refractivity contribution in [3.63, 3.8) is 0 Å². The van der Waals surface area contributed by atoms with Crippen molar-refractivity contribution in [1.29, 1.82) is 0 Å². The lowest BCUT2D eigenvalue weighted by molar-refractivity contribution is -0.114. The van der Waals surface area contributed by atoms with Gasteiger partial charge in [-0.25, -0.2) is 4.68 Å². The molecule has 1 aliphatic heterocycles. The fraction of sp³-hybridized carbons (Fsp3) is 0.238. The molecule has 0 radical (unpaired) electrons. The maximum absolute atomic E-state index is 11.4. The first-order valence-electron chi connectivity index (χ1n) is 8.86. The predicted molar refractivity (Wildman–Crippen MR) is 104 cm³/mol. The number of amides is 1. The van der Waals surface area contributed by atoms with E-state index >= 15 is 0 Å². The van der Waals surface area contributed by atoms with Gasteiger partial charge in [0.15, 0.2) is 0 Å². The van der Waals surface area contributed by atoms with Gasteiger partial charge in [-0.1, -0.05) is 24.3 Å². The SMILES string of the molecule is CC(=O)Nc1cc(N2CCc3nn(-c4ccccc4)cc3C2)ccc1C. The average Bonchev–Trinajstić information content (AvgIpc) is 3.07. The van der Waals surface area contributed by atoms with Crippen molar-refractivity contribution in [2.75, 3.05) is 16.8 Å². The highest BCUT2D eigenvalue weighted by Gasteiger charge is 2.21. The van der Waals surface area contributed by atoms with E-state index in [1.165, 1.54) is 18.2 Å². The number of carbonyl (C=O) groups excluding carboxylic acids is 1. The topological polar surface area (TPSA) is 50.2 Å². The molecule has 0 unspecified atom stereocenters. The number of rotatable bonds is 3. The molecule has 0 saturated heterocycles. The average molecular weight is 346 g/mol. The van der Waals surface area contributed by atoms with Crippen LogP contribution in [-0.2, 0) is 17.8 Å². The molecular weight excluding hydrogens is 324 g/mol. The minimum Gasteiger partial charge on any atom is -0.367 e. The first-order valence-corrected chi connectivity index (χ1v) is 8.86. The Bertz CT molecular complexity index is 946. The molecule has 5 nitrogen and oxygen atoms in total. The van der Waals surface area contributed by atoms with Crippen LogP contribution in [0, 0.1) is 6.92 Å². The van der Waals surface area contributed by atoms with Crippen LogP contribution in [0.3, 0.4) is 0 Å². The molecule has 0 saturated carbocycles. The molecule has 1 N–H and O–H groups in total. The number of fused-ring (bicyclic) bond motifs is 1. The molecule has 3 aromatic rings. The molecule has 1 aromatic heterocycles. The van der Waals surface area contributed by atoms with Gasteiger partial charge in [-0.2, -0.15) is 5.10 Å². The van der Waals surface area contributed by atoms with E-state index in [1.807, 2.05) is 29.8 Å². The molecule has 5 heteroatoms. The summed E-state index contributed by atoms with van der Waals surface area (Å²) in [5.41, 5.74) is 6.56. The molecule has 0 aliphatic carbocycles. The fourth-order valence-electron chi connectivity index (χ4n) is 3.38. The lowest BCUT2D eigenvalue weighted by atomic mass is 10.1. The van der Waals surface area contributed by atoms with E-state index in [9.17, 15) is 4.79 Å². The number of benzene rings is 2. The number of aromatic nitrogens is 2. The predicted octanol–water partition coefficient (Wildman–Crippen LogP) is 3.70. The van der Waals surface area contributed by atoms with Crippen LogP contribution >= 0.6 is 0 Å². The summed E-state index contributed by atoms with van der Waals surface area (Å²) < 4.78 is 1.96. The van der Waals surface area contributed by atoms with Crippen LogP contribution in [0.5, 0.6) is 0 Å². The number of hydrogen-bond donors (Lipinski definition) is 1. The monoisotopic (exact) mass is 346 g/mol. The molecule has 132 valence electrons. The van der Waals surface area contributed by atoms with Crippen molar-refractivity contribution in [2.45, 2.75) is 26.8 Å². The number of nitrogens with one attached hydrogen (secondary N) is 1. The van der Waals surface area contributed by atoms with Gasteiger partial charge in [-0.15, -0.1) is 0 Å². The third kappa shape index (κ3) is 3.20. The maximum Gasteiger partial charge on any atom is 0.221 e. The second kappa shape index (κ2) is 6.67. The molecule has 2 heterocycles. The Morgan fingerprint density at radius 3 is 2.69 bits per heavy atom. The number of anilines is 2. The van der Waals surface area contributed by atoms with Gasteiger partial charge in [0.1, 0.15) is 0 Å². The zero-order valence-electron chi connectivity index (χ0n) is 15.1. The molecule has 26 heavy (non-hydrogen) atoms. The van der Waals surface area contributed by atoms with Crippen molar-refractivity contribution in [3.05, 3.63) is 71.5 Å². The van der Waals surface area contributed by atoms with Crippen molar-refractivity contribution >= 4 is 17.3 Å². The standard InChI is InChI=1S/C21H22N4O/c1-15-8-9-19(12-21(15)22-16(2)26)24-11-10-20-17(13-24)14-25(23-20)18-6-4-3-5-7-18/h3-9,12,14H,10-11,13H2,1-2H3,(H,22,26). The normalized spacial score (nSPS) is 13.4. The molecule has 2 aromatic carbocycles. The third-order valence-corrected chi connectivity index (χ3v) is 4.77. The Balaban J connectivity index is 1.59. The molecule has 0 atom stereocenters. The second-order valence-corrected chi connectivity index (χ2v) is 6.73. The van der Waals surface area contributed by atoms with Gasteiger partial charge < -0.3 is 10.2 Å². The Morgan fingerprint density at radius 1 is 1.12 bits per heavy atom. The Kier molecular flexibility index (Phi) is 4.21. The summed E-state index contributed by atoms with van der Waals surface area (Å²) in [6.45, 7) is 5.29. The molecule has 0 fully saturated rings. The van der Waals surface area contributed by atoms with Gasteiger partial charge in [-0.3, -0.25) is 4.79 Å². The van der Waals surface area contributed by atoms with E-state index in [0.717, 1.165) is 42.1 Å². The fourth-order valence-corrected chi connectivity index (χ4v) is 3.38. The van der Waals surface area contributed by atoms with E-state index in [0.29, 0.717) is 0 Å². The highest BCUT2D eigenvalue weighted by molar-refractivity contribution is 5.90. The highest BCUT2D eigenvalue weighted by Crippen LogP contribution is 2.28. The minimum absolute atomic E-state index is 0.0460. The smallest absolute Gasteiger partial charge is 0.221 e. The van der Waals surface area contributed by atoms with Gasteiger partial charge in [0.2, 0.25) is 5.91 Å². The second-order valence-electron chi connectivity index (χ2n) is 6.73. The van der Waals surface area contributed by atoms with Crippen molar-refractivity contribution in [2.24, 2.45) is 0 Å². The summed E-state index contributed by atoms with van der Waals surface area (Å²) in [5.74, 6) is -0.0460. The van der Waals surface area contributed by atoms with Gasteiger partial charge in [0, 0.05) is 49.6 Å². The van der Waals surface area contributed by atoms with E-state index < -0.39 is 0 Å². The zero-order chi connectivity index (χ0) is 18.1. The number of carbonyl (C=O) groups is 1. The largest absolute Gasteiger partial charge is 0.367 e. The molecule has 1 amide bonds. The van der Waals surface area contributed by atoms with Crippen molar-refractivity contribution < 1.29 is 4.79 Å². The van der Waals surface area contributed by atoms with Crippen LogP contribution in [0.15, 0.2) is 54.7 Å². The minimum atomic E-state index is -0.0460. The molecule has 1 aliphatic rings. The lowest BCUT2D eigenvalue weighted by Crippen LogP contribution is -2.30. The zero-order valence-corrected chi connectivity index (χ0v) is 15.1. The summed E-state index contributed by atoms with van der Waals surface area (Å²) in [4.78, 5) is 13.8. The van der Waals surface area contributed by atoms with E-state index in [-0.39, 0.29) is 5.91 Å². The first-order chi connectivity index (χ1) is 12.6. The van der Waals surface area contributed by atoms with Crippen molar-refractivity contribution in [1.82, 2.24) is 9.78 Å². The van der Waals surface area contributed by atoms with E-state index in [1.54, 1.807) is 0 Å². The molecule has 0 spiro atoms. The van der Waals surface area contributed by atoms with Gasteiger partial charge in [0.25, 0.3) is 0 Å². The lowest BCUT2D eigenvalue weighted by Gasteiger charge is -2.29. The van der Waals surface area contributed by atoms with E-state index in [4.69, 9.17) is 5.10 Å². The number of hydrogen-bond acceptors (Lipinski definition) is 3. The molecule has 0 bridgehead atoms. The van der Waals surface area contributed by atoms with Crippen LogP contribution in [-0.4, -0.2) is 22.2 Å². The quantitative estimate of drug-likeness (QED) is 0.787. The third-order valence-electron chi connectivity index (χ3n) is 4.77. The first kappa shape index (κ1) is 16.4. The number of aryl methyl sites for hydroxylation is 1.